The van der Waals surface area contributed by atoms with Crippen molar-refractivity contribution in [2.24, 2.45) is 0 Å². The van der Waals surface area contributed by atoms with Crippen LogP contribution in [0, 0.1) is 0 Å². The van der Waals surface area contributed by atoms with E-state index in [2.05, 4.69) is 10.6 Å². The van der Waals surface area contributed by atoms with Crippen molar-refractivity contribution >= 4 is 11.8 Å². The zero-order valence-corrected chi connectivity index (χ0v) is 13.0. The second-order valence-electron chi connectivity index (χ2n) is 5.38. The quantitative estimate of drug-likeness (QED) is 0.338. The lowest BCUT2D eigenvalue weighted by Gasteiger charge is -2.30. The number of morpholine rings is 1. The number of rotatable bonds is 7. The molecule has 1 atom stereocenters. The smallest absolute Gasteiger partial charge is 0.309 e. The zero-order valence-electron chi connectivity index (χ0n) is 13.0. The molecule has 0 aliphatic carbocycles. The minimum absolute atomic E-state index is 0.0249. The van der Waals surface area contributed by atoms with Gasteiger partial charge in [0.1, 0.15) is 13.1 Å². The van der Waals surface area contributed by atoms with Gasteiger partial charge in [-0.3, -0.25) is 9.59 Å². The first-order valence-corrected chi connectivity index (χ1v) is 7.85. The van der Waals surface area contributed by atoms with Crippen molar-refractivity contribution in [3.8, 4) is 0 Å². The molecule has 8 heteroatoms. The number of ether oxygens (including phenoxy) is 1. The van der Waals surface area contributed by atoms with Gasteiger partial charge in [-0.2, -0.15) is 0 Å². The highest BCUT2D eigenvalue weighted by Crippen LogP contribution is 2.09. The van der Waals surface area contributed by atoms with Crippen LogP contribution in [0.1, 0.15) is 18.2 Å². The van der Waals surface area contributed by atoms with Gasteiger partial charge in [0.05, 0.1) is 26.0 Å². The topological polar surface area (TPSA) is 105 Å². The van der Waals surface area contributed by atoms with E-state index in [9.17, 15) is 9.59 Å². The molecule has 1 aromatic rings. The van der Waals surface area contributed by atoms with Crippen LogP contribution < -0.4 is 15.5 Å². The van der Waals surface area contributed by atoms with Gasteiger partial charge in [-0.05, 0) is 18.6 Å². The number of hydrogen-bond donors (Lipinski definition) is 4. The van der Waals surface area contributed by atoms with Crippen molar-refractivity contribution in [1.29, 1.82) is 0 Å². The predicted molar refractivity (Wildman–Crippen MR) is 80.7 cm³/mol. The molecule has 1 aliphatic heterocycles. The van der Waals surface area contributed by atoms with Crippen molar-refractivity contribution in [1.82, 2.24) is 10.6 Å². The van der Waals surface area contributed by atoms with E-state index < -0.39 is 11.8 Å². The van der Waals surface area contributed by atoms with Crippen molar-refractivity contribution in [3.63, 3.8) is 0 Å². The van der Waals surface area contributed by atoms with Crippen LogP contribution in [0.15, 0.2) is 22.8 Å². The molecule has 1 aliphatic rings. The zero-order chi connectivity index (χ0) is 16.5. The molecule has 2 heterocycles. The van der Waals surface area contributed by atoms with Crippen LogP contribution in [0.25, 0.3) is 0 Å². The largest absolute Gasteiger partial charge is 0.463 e. The van der Waals surface area contributed by atoms with E-state index >= 15 is 0 Å². The summed E-state index contributed by atoms with van der Waals surface area (Å²) in [5.74, 6) is -0.580. The molecular weight excluding hydrogens is 302 g/mol. The summed E-state index contributed by atoms with van der Waals surface area (Å²) in [6.07, 6.45) is 2.03. The second-order valence-corrected chi connectivity index (χ2v) is 5.38. The summed E-state index contributed by atoms with van der Waals surface area (Å²) in [6.45, 7) is 3.55. The summed E-state index contributed by atoms with van der Waals surface area (Å²) in [7, 11) is 0. The Balaban J connectivity index is 1.88. The van der Waals surface area contributed by atoms with Crippen LogP contribution in [0.2, 0.25) is 0 Å². The van der Waals surface area contributed by atoms with E-state index in [0.717, 1.165) is 18.8 Å². The van der Waals surface area contributed by atoms with E-state index in [4.69, 9.17) is 14.3 Å². The van der Waals surface area contributed by atoms with Crippen LogP contribution in [0.5, 0.6) is 0 Å². The Bertz CT molecular complexity index is 485. The SMILES string of the molecule is O=C(NCCCO)C(=O)NC[C@H](c1ccco1)[NH+]1CCOCC1. The van der Waals surface area contributed by atoms with Gasteiger partial charge in [-0.1, -0.05) is 0 Å². The Labute approximate surface area is 134 Å². The lowest BCUT2D eigenvalue weighted by molar-refractivity contribution is -0.938. The van der Waals surface area contributed by atoms with Gasteiger partial charge in [0, 0.05) is 13.2 Å². The number of quaternary nitrogens is 1. The molecule has 8 nitrogen and oxygen atoms in total. The molecule has 0 spiro atoms. The Kier molecular flexibility index (Phi) is 7.05. The van der Waals surface area contributed by atoms with Crippen molar-refractivity contribution in [3.05, 3.63) is 24.2 Å². The highest BCUT2D eigenvalue weighted by molar-refractivity contribution is 6.35. The monoisotopic (exact) mass is 326 g/mol. The number of furan rings is 1. The maximum absolute atomic E-state index is 11.8. The molecule has 0 unspecified atom stereocenters. The van der Waals surface area contributed by atoms with Gasteiger partial charge in [-0.25, -0.2) is 0 Å². The fourth-order valence-electron chi connectivity index (χ4n) is 2.55. The molecule has 2 amide bonds. The fourth-order valence-corrected chi connectivity index (χ4v) is 2.55. The maximum Gasteiger partial charge on any atom is 0.309 e. The molecule has 0 bridgehead atoms. The number of carbonyl (C=O) groups excluding carboxylic acids is 2. The molecule has 0 aromatic carbocycles. The molecule has 4 N–H and O–H groups in total. The standard InChI is InChI=1S/C15H23N3O5/c19-7-2-4-16-14(20)15(21)17-11-12(13-3-1-8-23-13)18-5-9-22-10-6-18/h1,3,8,12,19H,2,4-7,9-11H2,(H,16,20)(H,17,21)/p+1/t12-/m1/s1. The molecule has 0 radical (unpaired) electrons. The molecule has 1 aromatic heterocycles. The van der Waals surface area contributed by atoms with E-state index in [1.54, 1.807) is 6.26 Å². The van der Waals surface area contributed by atoms with Gasteiger partial charge in [0.25, 0.3) is 0 Å². The Morgan fingerprint density at radius 2 is 2.00 bits per heavy atom. The van der Waals surface area contributed by atoms with Crippen molar-refractivity contribution in [2.75, 3.05) is 46.0 Å². The highest BCUT2D eigenvalue weighted by atomic mass is 16.5. The molecule has 1 fully saturated rings. The van der Waals surface area contributed by atoms with Crippen molar-refractivity contribution < 1.29 is 28.7 Å². The summed E-state index contributed by atoms with van der Waals surface area (Å²) < 4.78 is 10.8. The first kappa shape index (κ1) is 17.5. The van der Waals surface area contributed by atoms with Gasteiger partial charge in [0.15, 0.2) is 11.8 Å². The lowest BCUT2D eigenvalue weighted by Crippen LogP contribution is -3.15. The molecule has 0 saturated carbocycles. The normalized spacial score (nSPS) is 16.7. The Hall–Kier alpha value is -1.90. The van der Waals surface area contributed by atoms with Crippen LogP contribution >= 0.6 is 0 Å². The minimum Gasteiger partial charge on any atom is -0.463 e. The number of carbonyl (C=O) groups is 2. The number of nitrogens with one attached hydrogen (secondary N) is 3. The number of aliphatic hydroxyl groups excluding tert-OH is 1. The van der Waals surface area contributed by atoms with Gasteiger partial charge in [0.2, 0.25) is 0 Å². The third-order valence-corrected chi connectivity index (χ3v) is 3.81. The summed E-state index contributed by atoms with van der Waals surface area (Å²) in [6, 6.07) is 3.63. The van der Waals surface area contributed by atoms with Crippen LogP contribution in [0.4, 0.5) is 0 Å². The van der Waals surface area contributed by atoms with Crippen LogP contribution in [-0.4, -0.2) is 62.9 Å². The molecular formula is C15H24N3O5+. The average Bonchev–Trinajstić information content (AvgIpc) is 3.10. The van der Waals surface area contributed by atoms with Crippen LogP contribution in [0.3, 0.4) is 0 Å². The number of amides is 2. The second kappa shape index (κ2) is 9.29. The molecule has 128 valence electrons. The highest BCUT2D eigenvalue weighted by Gasteiger charge is 2.29. The van der Waals surface area contributed by atoms with Crippen molar-refractivity contribution in [2.45, 2.75) is 12.5 Å². The van der Waals surface area contributed by atoms with Gasteiger partial charge in [-0.15, -0.1) is 0 Å². The summed E-state index contributed by atoms with van der Waals surface area (Å²) >= 11 is 0. The minimum atomic E-state index is -0.686. The Morgan fingerprint density at radius 3 is 2.65 bits per heavy atom. The van der Waals surface area contributed by atoms with E-state index in [-0.39, 0.29) is 19.2 Å². The maximum atomic E-state index is 11.8. The fraction of sp³-hybridized carbons (Fsp3) is 0.600. The number of aliphatic hydroxyl groups is 1. The summed E-state index contributed by atoms with van der Waals surface area (Å²) in [5, 5.41) is 13.8. The molecule has 2 rings (SSSR count). The lowest BCUT2D eigenvalue weighted by atomic mass is 10.1. The van der Waals surface area contributed by atoms with E-state index in [1.807, 2.05) is 12.1 Å². The number of hydrogen-bond acceptors (Lipinski definition) is 5. The Morgan fingerprint density at radius 1 is 1.26 bits per heavy atom. The predicted octanol–water partition coefficient (Wildman–Crippen LogP) is -2.15. The third kappa shape index (κ3) is 5.34. The first-order valence-electron chi connectivity index (χ1n) is 7.85. The first-order chi connectivity index (χ1) is 11.2. The average molecular weight is 326 g/mol. The van der Waals surface area contributed by atoms with Gasteiger partial charge >= 0.3 is 11.8 Å². The molecule has 23 heavy (non-hydrogen) atoms. The summed E-state index contributed by atoms with van der Waals surface area (Å²) in [4.78, 5) is 24.7. The van der Waals surface area contributed by atoms with Crippen LogP contribution in [-0.2, 0) is 14.3 Å². The third-order valence-electron chi connectivity index (χ3n) is 3.81. The van der Waals surface area contributed by atoms with E-state index in [0.29, 0.717) is 26.2 Å². The molecule has 1 saturated heterocycles. The van der Waals surface area contributed by atoms with E-state index in [1.165, 1.54) is 4.90 Å². The van der Waals surface area contributed by atoms with Gasteiger partial charge < -0.3 is 29.8 Å². The summed E-state index contributed by atoms with van der Waals surface area (Å²) in [5.41, 5.74) is 0.